The van der Waals surface area contributed by atoms with Crippen LogP contribution in [0.15, 0.2) is 36.5 Å². The Bertz CT molecular complexity index is 623. The van der Waals surface area contributed by atoms with Gasteiger partial charge in [0.2, 0.25) is 0 Å². The molecule has 1 N–H and O–H groups in total. The van der Waals surface area contributed by atoms with Crippen molar-refractivity contribution in [3.63, 3.8) is 0 Å². The lowest BCUT2D eigenvalue weighted by atomic mass is 10.2. The molecule has 1 aliphatic heterocycles. The van der Waals surface area contributed by atoms with Gasteiger partial charge in [0.15, 0.2) is 5.69 Å². The summed E-state index contributed by atoms with van der Waals surface area (Å²) in [4.78, 5) is 12.0. The molecule has 1 atom stereocenters. The molecule has 1 aliphatic rings. The molecule has 0 spiro atoms. The van der Waals surface area contributed by atoms with Crippen molar-refractivity contribution in [2.75, 3.05) is 19.8 Å². The van der Waals surface area contributed by atoms with Gasteiger partial charge in [-0.1, -0.05) is 23.4 Å². The van der Waals surface area contributed by atoms with E-state index in [-0.39, 0.29) is 12.0 Å². The van der Waals surface area contributed by atoms with Crippen LogP contribution in [-0.2, 0) is 11.3 Å². The SMILES string of the molecule is O=C(NCCOc1ccccc1)c1cn(C[C@H]2CCCO2)nn1. The third kappa shape index (κ3) is 4.53. The molecule has 0 radical (unpaired) electrons. The van der Waals surface area contributed by atoms with Crippen LogP contribution in [0.3, 0.4) is 0 Å². The van der Waals surface area contributed by atoms with E-state index in [2.05, 4.69) is 15.6 Å². The highest BCUT2D eigenvalue weighted by atomic mass is 16.5. The Morgan fingerprint density at radius 3 is 3.04 bits per heavy atom. The maximum atomic E-state index is 12.0. The maximum Gasteiger partial charge on any atom is 0.273 e. The van der Waals surface area contributed by atoms with Crippen molar-refractivity contribution < 1.29 is 14.3 Å². The van der Waals surface area contributed by atoms with Gasteiger partial charge in [0.25, 0.3) is 5.91 Å². The first-order valence-electron chi connectivity index (χ1n) is 7.79. The summed E-state index contributed by atoms with van der Waals surface area (Å²) in [5.41, 5.74) is 0.308. The smallest absolute Gasteiger partial charge is 0.273 e. The molecule has 1 amide bonds. The van der Waals surface area contributed by atoms with Crippen molar-refractivity contribution in [1.29, 1.82) is 0 Å². The average Bonchev–Trinajstić information content (AvgIpc) is 3.25. The number of amides is 1. The summed E-state index contributed by atoms with van der Waals surface area (Å²) in [6, 6.07) is 9.48. The van der Waals surface area contributed by atoms with E-state index in [1.165, 1.54) is 0 Å². The molecule has 0 bridgehead atoms. The van der Waals surface area contributed by atoms with Crippen LogP contribution < -0.4 is 10.1 Å². The Hall–Kier alpha value is -2.41. The summed E-state index contributed by atoms with van der Waals surface area (Å²) >= 11 is 0. The van der Waals surface area contributed by atoms with Crippen LogP contribution in [0.4, 0.5) is 0 Å². The van der Waals surface area contributed by atoms with Crippen molar-refractivity contribution in [3.05, 3.63) is 42.2 Å². The van der Waals surface area contributed by atoms with E-state index in [9.17, 15) is 4.79 Å². The van der Waals surface area contributed by atoms with Gasteiger partial charge < -0.3 is 14.8 Å². The van der Waals surface area contributed by atoms with Gasteiger partial charge in [0.1, 0.15) is 12.4 Å². The highest BCUT2D eigenvalue weighted by Crippen LogP contribution is 2.13. The van der Waals surface area contributed by atoms with Gasteiger partial charge in [0.05, 0.1) is 25.4 Å². The Kier molecular flexibility index (Phi) is 5.21. The van der Waals surface area contributed by atoms with E-state index >= 15 is 0 Å². The summed E-state index contributed by atoms with van der Waals surface area (Å²) in [5.74, 6) is 0.532. The number of para-hydroxylation sites is 1. The van der Waals surface area contributed by atoms with Crippen LogP contribution in [0.1, 0.15) is 23.3 Å². The molecule has 0 saturated carbocycles. The molecule has 122 valence electrons. The Morgan fingerprint density at radius 1 is 1.39 bits per heavy atom. The lowest BCUT2D eigenvalue weighted by Gasteiger charge is -2.07. The fraction of sp³-hybridized carbons (Fsp3) is 0.438. The van der Waals surface area contributed by atoms with E-state index in [1.807, 2.05) is 30.3 Å². The first-order chi connectivity index (χ1) is 11.3. The van der Waals surface area contributed by atoms with Gasteiger partial charge in [-0.15, -0.1) is 5.10 Å². The number of hydrogen-bond acceptors (Lipinski definition) is 5. The Balaban J connectivity index is 1.40. The highest BCUT2D eigenvalue weighted by molar-refractivity contribution is 5.91. The van der Waals surface area contributed by atoms with Crippen molar-refractivity contribution in [3.8, 4) is 5.75 Å². The molecule has 0 aliphatic carbocycles. The largest absolute Gasteiger partial charge is 0.492 e. The number of rotatable bonds is 7. The second-order valence-electron chi connectivity index (χ2n) is 5.38. The number of nitrogens with one attached hydrogen (secondary N) is 1. The van der Waals surface area contributed by atoms with Crippen LogP contribution in [0.2, 0.25) is 0 Å². The maximum absolute atomic E-state index is 12.0. The summed E-state index contributed by atoms with van der Waals surface area (Å²) in [5, 5.41) is 10.6. The molecule has 1 saturated heterocycles. The minimum absolute atomic E-state index is 0.173. The number of aromatic nitrogens is 3. The first kappa shape index (κ1) is 15.5. The molecule has 0 unspecified atom stereocenters. The number of carbonyl (C=O) groups excluding carboxylic acids is 1. The number of nitrogens with zero attached hydrogens (tertiary/aromatic N) is 3. The predicted molar refractivity (Wildman–Crippen MR) is 83.3 cm³/mol. The van der Waals surface area contributed by atoms with Crippen molar-refractivity contribution in [2.45, 2.75) is 25.5 Å². The summed E-state index contributed by atoms with van der Waals surface area (Å²) in [6.45, 7) is 2.25. The number of hydrogen-bond donors (Lipinski definition) is 1. The molecular weight excluding hydrogens is 296 g/mol. The van der Waals surface area contributed by atoms with Gasteiger partial charge in [-0.2, -0.15) is 0 Å². The average molecular weight is 316 g/mol. The van der Waals surface area contributed by atoms with Gasteiger partial charge in [-0.3, -0.25) is 4.79 Å². The summed E-state index contributed by atoms with van der Waals surface area (Å²) in [7, 11) is 0. The van der Waals surface area contributed by atoms with Crippen LogP contribution in [0, 0.1) is 0 Å². The zero-order valence-corrected chi connectivity index (χ0v) is 12.9. The standard InChI is InChI=1S/C16H20N4O3/c21-16(17-8-10-23-13-5-2-1-3-6-13)15-12-20(19-18-15)11-14-7-4-9-22-14/h1-3,5-6,12,14H,4,7-11H2,(H,17,21)/t14-/m1/s1. The van der Waals surface area contributed by atoms with E-state index in [0.29, 0.717) is 25.4 Å². The van der Waals surface area contributed by atoms with Crippen molar-refractivity contribution >= 4 is 5.91 Å². The Morgan fingerprint density at radius 2 is 2.26 bits per heavy atom. The number of ether oxygens (including phenoxy) is 2. The third-order valence-electron chi connectivity index (χ3n) is 3.59. The van der Waals surface area contributed by atoms with Gasteiger partial charge >= 0.3 is 0 Å². The molecule has 2 heterocycles. The van der Waals surface area contributed by atoms with Crippen LogP contribution in [0.25, 0.3) is 0 Å². The van der Waals surface area contributed by atoms with Crippen molar-refractivity contribution in [2.24, 2.45) is 0 Å². The van der Waals surface area contributed by atoms with Gasteiger partial charge in [0, 0.05) is 6.61 Å². The van der Waals surface area contributed by atoms with E-state index < -0.39 is 0 Å². The monoisotopic (exact) mass is 316 g/mol. The van der Waals surface area contributed by atoms with E-state index in [4.69, 9.17) is 9.47 Å². The molecule has 1 fully saturated rings. The first-order valence-corrected chi connectivity index (χ1v) is 7.79. The molecule has 7 heteroatoms. The molecule has 7 nitrogen and oxygen atoms in total. The molecule has 23 heavy (non-hydrogen) atoms. The fourth-order valence-electron chi connectivity index (χ4n) is 2.43. The van der Waals surface area contributed by atoms with E-state index in [1.54, 1.807) is 10.9 Å². The van der Waals surface area contributed by atoms with Crippen LogP contribution in [0.5, 0.6) is 5.75 Å². The summed E-state index contributed by atoms with van der Waals surface area (Å²) < 4.78 is 12.7. The third-order valence-corrected chi connectivity index (χ3v) is 3.59. The van der Waals surface area contributed by atoms with Crippen LogP contribution >= 0.6 is 0 Å². The lowest BCUT2D eigenvalue weighted by Crippen LogP contribution is -2.28. The highest BCUT2D eigenvalue weighted by Gasteiger charge is 2.18. The molecule has 2 aromatic rings. The normalized spacial score (nSPS) is 17.1. The topological polar surface area (TPSA) is 78.3 Å². The van der Waals surface area contributed by atoms with Crippen molar-refractivity contribution in [1.82, 2.24) is 20.3 Å². The molecule has 1 aromatic heterocycles. The molecule has 1 aromatic carbocycles. The fourth-order valence-corrected chi connectivity index (χ4v) is 2.43. The second-order valence-corrected chi connectivity index (χ2v) is 5.38. The quantitative estimate of drug-likeness (QED) is 0.778. The minimum atomic E-state index is -0.250. The second kappa shape index (κ2) is 7.73. The number of carbonyl (C=O) groups is 1. The molecule has 3 rings (SSSR count). The number of benzene rings is 1. The molecular formula is C16H20N4O3. The van der Waals surface area contributed by atoms with Crippen LogP contribution in [-0.4, -0.2) is 46.8 Å². The van der Waals surface area contributed by atoms with Gasteiger partial charge in [-0.05, 0) is 25.0 Å². The van der Waals surface area contributed by atoms with E-state index in [0.717, 1.165) is 25.2 Å². The predicted octanol–water partition coefficient (Wildman–Crippen LogP) is 1.27. The Labute approximate surface area is 134 Å². The zero-order valence-electron chi connectivity index (χ0n) is 12.9. The minimum Gasteiger partial charge on any atom is -0.492 e. The summed E-state index contributed by atoms with van der Waals surface area (Å²) in [6.07, 6.45) is 3.92. The van der Waals surface area contributed by atoms with Gasteiger partial charge in [-0.25, -0.2) is 4.68 Å². The zero-order chi connectivity index (χ0) is 15.9. The lowest BCUT2D eigenvalue weighted by molar-refractivity contribution is 0.0928.